The van der Waals surface area contributed by atoms with Crippen LogP contribution >= 0.6 is 0 Å². The molecule has 2 aliphatic rings. The van der Waals surface area contributed by atoms with Gasteiger partial charge in [-0.1, -0.05) is 72.8 Å². The first-order valence-corrected chi connectivity index (χ1v) is 15.7. The number of aryl methyl sites for hydroxylation is 2. The molecule has 0 bridgehead atoms. The maximum Gasteiger partial charge on any atom is 0.0730 e. The largest absolute Gasteiger partial charge is 0.384 e. The Bertz CT molecular complexity index is 1550. The first kappa shape index (κ1) is 26.9. The monoisotopic (exact) mass is 555 g/mol. The van der Waals surface area contributed by atoms with Crippen molar-refractivity contribution >= 4 is 38.9 Å². The normalized spacial score (nSPS) is 15.9. The minimum Gasteiger partial charge on any atom is -0.384 e. The lowest BCUT2D eigenvalue weighted by molar-refractivity contribution is 0.132. The molecule has 3 heterocycles. The fraction of sp³-hybridized carbons (Fsp3) is 0.324. The molecule has 0 saturated carbocycles. The molecule has 5 aromatic rings. The quantitative estimate of drug-likeness (QED) is 0.155. The molecule has 7 rings (SSSR count). The number of hydrogen-bond donors (Lipinski definition) is 1. The van der Waals surface area contributed by atoms with E-state index in [1.807, 2.05) is 0 Å². The van der Waals surface area contributed by atoms with E-state index in [1.165, 1.54) is 65.0 Å². The second-order valence-electron chi connectivity index (χ2n) is 11.7. The summed E-state index contributed by atoms with van der Waals surface area (Å²) in [7, 11) is 0. The molecule has 5 heteroatoms. The fourth-order valence-electron chi connectivity index (χ4n) is 6.85. The Morgan fingerprint density at radius 2 is 1.05 bits per heavy atom. The number of benzene rings is 4. The first-order chi connectivity index (χ1) is 20.8. The molecule has 0 aliphatic carbocycles. The third-order valence-corrected chi connectivity index (χ3v) is 9.09. The van der Waals surface area contributed by atoms with Crippen LogP contribution in [-0.2, 0) is 12.8 Å². The van der Waals surface area contributed by atoms with E-state index in [0.29, 0.717) is 0 Å². The Balaban J connectivity index is 0.893. The van der Waals surface area contributed by atoms with Gasteiger partial charge in [-0.05, 0) is 74.2 Å². The Labute approximate surface area is 249 Å². The smallest absolute Gasteiger partial charge is 0.0730 e. The molecular formula is C37H41N5. The van der Waals surface area contributed by atoms with Gasteiger partial charge in [0.05, 0.1) is 16.7 Å². The predicted molar refractivity (Wildman–Crippen MR) is 177 cm³/mol. The lowest BCUT2D eigenvalue weighted by Crippen LogP contribution is -2.47. The summed E-state index contributed by atoms with van der Waals surface area (Å²) in [4.78, 5) is 12.8. The number of piperazine rings is 1. The molecule has 0 radical (unpaired) electrons. The van der Waals surface area contributed by atoms with Crippen LogP contribution < -0.4 is 10.2 Å². The molecule has 0 atom stereocenters. The Hall–Kier alpha value is -3.93. The zero-order valence-corrected chi connectivity index (χ0v) is 24.5. The van der Waals surface area contributed by atoms with Crippen molar-refractivity contribution in [1.29, 1.82) is 0 Å². The van der Waals surface area contributed by atoms with E-state index < -0.39 is 0 Å². The number of hydrogen-bond acceptors (Lipinski definition) is 5. The van der Waals surface area contributed by atoms with Crippen molar-refractivity contribution in [1.82, 2.24) is 14.8 Å². The molecule has 42 heavy (non-hydrogen) atoms. The van der Waals surface area contributed by atoms with Gasteiger partial charge in [-0.25, -0.2) is 4.98 Å². The highest BCUT2D eigenvalue weighted by Gasteiger charge is 2.21. The van der Waals surface area contributed by atoms with Gasteiger partial charge in [0.1, 0.15) is 0 Å². The molecular weight excluding hydrogens is 514 g/mol. The van der Waals surface area contributed by atoms with E-state index in [0.717, 1.165) is 63.0 Å². The van der Waals surface area contributed by atoms with E-state index in [1.54, 1.807) is 0 Å². The van der Waals surface area contributed by atoms with Gasteiger partial charge in [0.15, 0.2) is 0 Å². The van der Waals surface area contributed by atoms with Crippen LogP contribution in [0.5, 0.6) is 0 Å². The number of aromatic nitrogens is 1. The third-order valence-electron chi connectivity index (χ3n) is 9.09. The van der Waals surface area contributed by atoms with Gasteiger partial charge in [-0.15, -0.1) is 0 Å². The second kappa shape index (κ2) is 12.5. The first-order valence-electron chi connectivity index (χ1n) is 15.7. The lowest BCUT2D eigenvalue weighted by atomic mass is 10.0. The van der Waals surface area contributed by atoms with Crippen LogP contribution in [0.3, 0.4) is 0 Å². The molecule has 214 valence electrons. The lowest BCUT2D eigenvalue weighted by Gasteiger charge is -2.35. The van der Waals surface area contributed by atoms with E-state index in [9.17, 15) is 0 Å². The van der Waals surface area contributed by atoms with Crippen LogP contribution in [0.25, 0.3) is 21.8 Å². The zero-order chi connectivity index (χ0) is 28.1. The average Bonchev–Trinajstić information content (AvgIpc) is 3.20. The summed E-state index contributed by atoms with van der Waals surface area (Å²) >= 11 is 0. The highest BCUT2D eigenvalue weighted by atomic mass is 15.3. The topological polar surface area (TPSA) is 34.6 Å². The molecule has 0 spiro atoms. The van der Waals surface area contributed by atoms with Crippen LogP contribution in [0.15, 0.2) is 97.1 Å². The van der Waals surface area contributed by atoms with Gasteiger partial charge in [0.25, 0.3) is 0 Å². The summed E-state index contributed by atoms with van der Waals surface area (Å²) in [6.45, 7) is 9.00. The summed E-state index contributed by atoms with van der Waals surface area (Å²) in [6.07, 6.45) is 4.56. The van der Waals surface area contributed by atoms with E-state index in [2.05, 4.69) is 117 Å². The van der Waals surface area contributed by atoms with Crippen molar-refractivity contribution in [2.45, 2.75) is 25.7 Å². The second-order valence-corrected chi connectivity index (χ2v) is 11.7. The van der Waals surface area contributed by atoms with Crippen molar-refractivity contribution in [2.75, 3.05) is 62.6 Å². The van der Waals surface area contributed by atoms with Gasteiger partial charge in [-0.2, -0.15) is 0 Å². The summed E-state index contributed by atoms with van der Waals surface area (Å²) in [5, 5.41) is 6.19. The summed E-state index contributed by atoms with van der Waals surface area (Å²) in [5.41, 5.74) is 9.07. The number of para-hydroxylation sites is 4. The molecule has 5 nitrogen and oxygen atoms in total. The van der Waals surface area contributed by atoms with Crippen LogP contribution in [0.2, 0.25) is 0 Å². The molecule has 0 unspecified atom stereocenters. The van der Waals surface area contributed by atoms with Crippen LogP contribution in [-0.4, -0.2) is 67.1 Å². The van der Waals surface area contributed by atoms with Crippen molar-refractivity contribution in [3.63, 3.8) is 0 Å². The Kier molecular flexibility index (Phi) is 8.03. The van der Waals surface area contributed by atoms with Crippen molar-refractivity contribution in [2.24, 2.45) is 0 Å². The van der Waals surface area contributed by atoms with Crippen molar-refractivity contribution in [3.8, 4) is 0 Å². The molecule has 1 aromatic heterocycles. The number of anilines is 3. The van der Waals surface area contributed by atoms with Crippen molar-refractivity contribution < 1.29 is 0 Å². The van der Waals surface area contributed by atoms with Crippen LogP contribution in [0, 0.1) is 0 Å². The summed E-state index contributed by atoms with van der Waals surface area (Å²) < 4.78 is 0. The predicted octanol–water partition coefficient (Wildman–Crippen LogP) is 7.13. The highest BCUT2D eigenvalue weighted by Crippen LogP contribution is 2.36. The Morgan fingerprint density at radius 1 is 0.548 bits per heavy atom. The average molecular weight is 556 g/mol. The molecule has 1 N–H and O–H groups in total. The Morgan fingerprint density at radius 3 is 1.64 bits per heavy atom. The standard InChI is InChI=1S/C37H41N5/c1-7-17-35-29(11-1)19-20-30-12-2-8-18-36(30)42(35)24-10-23-41-27-25-40(26-28-41)22-9-21-38-37-31-13-3-5-15-33(31)39-34-16-6-4-14-32(34)37/h1-8,11-18H,9-10,19-28H2,(H,38,39). The van der Waals surface area contributed by atoms with Gasteiger partial charge >= 0.3 is 0 Å². The molecule has 4 aromatic carbocycles. The number of rotatable bonds is 9. The van der Waals surface area contributed by atoms with Crippen LogP contribution in [0.4, 0.5) is 17.1 Å². The highest BCUT2D eigenvalue weighted by molar-refractivity contribution is 6.07. The number of nitrogens with zero attached hydrogens (tertiary/aromatic N) is 4. The number of pyridine rings is 1. The van der Waals surface area contributed by atoms with Crippen LogP contribution in [0.1, 0.15) is 24.0 Å². The van der Waals surface area contributed by atoms with E-state index in [4.69, 9.17) is 4.98 Å². The molecule has 2 aliphatic heterocycles. The van der Waals surface area contributed by atoms with Gasteiger partial charge in [-0.3, -0.25) is 0 Å². The number of nitrogens with one attached hydrogen (secondary N) is 1. The van der Waals surface area contributed by atoms with Gasteiger partial charge < -0.3 is 20.0 Å². The zero-order valence-electron chi connectivity index (χ0n) is 24.5. The van der Waals surface area contributed by atoms with Crippen molar-refractivity contribution in [3.05, 3.63) is 108 Å². The minimum absolute atomic E-state index is 0.969. The minimum atomic E-state index is 0.969. The van der Waals surface area contributed by atoms with Gasteiger partial charge in [0.2, 0.25) is 0 Å². The summed E-state index contributed by atoms with van der Waals surface area (Å²) in [6, 6.07) is 34.9. The molecule has 1 saturated heterocycles. The number of fused-ring (bicyclic) bond motifs is 4. The van der Waals surface area contributed by atoms with Gasteiger partial charge in [0, 0.05) is 61.4 Å². The molecule has 1 fully saturated rings. The maximum absolute atomic E-state index is 4.86. The van der Waals surface area contributed by atoms with E-state index >= 15 is 0 Å². The fourth-order valence-corrected chi connectivity index (χ4v) is 6.85. The third kappa shape index (κ3) is 5.72. The summed E-state index contributed by atoms with van der Waals surface area (Å²) in [5.74, 6) is 0. The van der Waals surface area contributed by atoms with E-state index in [-0.39, 0.29) is 0 Å². The maximum atomic E-state index is 4.86. The molecule has 0 amide bonds. The SMILES string of the molecule is c1ccc2c(c1)CCc1ccccc1N2CCCN1CCN(CCCNc2c3ccccc3nc3ccccc23)CC1.